The van der Waals surface area contributed by atoms with E-state index in [-0.39, 0.29) is 5.91 Å². The highest BCUT2D eigenvalue weighted by atomic mass is 16.5. The lowest BCUT2D eigenvalue weighted by Crippen LogP contribution is -2.48. The smallest absolute Gasteiger partial charge is 0.232 e. The van der Waals surface area contributed by atoms with Crippen LogP contribution in [0.25, 0.3) is 0 Å². The number of piperidine rings is 1. The maximum Gasteiger partial charge on any atom is 0.232 e. The zero-order valence-electron chi connectivity index (χ0n) is 14.8. The number of likely N-dealkylation sites (tertiary alicyclic amines) is 1. The van der Waals surface area contributed by atoms with Gasteiger partial charge in [-0.1, -0.05) is 5.16 Å². The highest BCUT2D eigenvalue weighted by Crippen LogP contribution is 2.32. The molecule has 1 fully saturated rings. The first-order chi connectivity index (χ1) is 11.4. The zero-order valence-corrected chi connectivity index (χ0v) is 14.8. The molecule has 0 spiro atoms. The lowest BCUT2D eigenvalue weighted by molar-refractivity contribution is -0.138. The van der Waals surface area contributed by atoms with Gasteiger partial charge in [0.2, 0.25) is 5.91 Å². The molecule has 3 heterocycles. The highest BCUT2D eigenvalue weighted by molar-refractivity contribution is 5.88. The van der Waals surface area contributed by atoms with Gasteiger partial charge in [-0.2, -0.15) is 5.10 Å². The van der Waals surface area contributed by atoms with Gasteiger partial charge in [0.1, 0.15) is 18.4 Å². The van der Waals surface area contributed by atoms with Gasteiger partial charge in [0.05, 0.1) is 11.1 Å². The molecule has 1 saturated heterocycles. The van der Waals surface area contributed by atoms with Gasteiger partial charge in [0.15, 0.2) is 0 Å². The third-order valence-electron chi connectivity index (χ3n) is 4.91. The molecule has 0 saturated carbocycles. The molecule has 0 bridgehead atoms. The molecule has 7 heteroatoms. The van der Waals surface area contributed by atoms with E-state index in [1.54, 1.807) is 12.7 Å². The second kappa shape index (κ2) is 6.37. The number of aromatic nitrogens is 4. The lowest BCUT2D eigenvalue weighted by atomic mass is 9.81. The fourth-order valence-electron chi connectivity index (χ4n) is 3.87. The molecule has 130 valence electrons. The standard InChI is InChI=1S/C17H25N5O2/c1-12-15(13(2)24-20-12)17(3,4)16(23)21-7-5-6-14(8-21)9-22-11-18-10-19-22/h10-11,14H,5-9H2,1-4H3. The number of carbonyl (C=O) groups excluding carboxylic acids is 1. The quantitative estimate of drug-likeness (QED) is 0.857. The molecule has 2 aromatic rings. The van der Waals surface area contributed by atoms with Crippen molar-refractivity contribution in [1.29, 1.82) is 0 Å². The van der Waals surface area contributed by atoms with Crippen LogP contribution >= 0.6 is 0 Å². The van der Waals surface area contributed by atoms with Gasteiger partial charge in [-0.05, 0) is 46.5 Å². The van der Waals surface area contributed by atoms with Crippen LogP contribution in [0.4, 0.5) is 0 Å². The van der Waals surface area contributed by atoms with Crippen molar-refractivity contribution in [3.05, 3.63) is 29.7 Å². The fourth-order valence-corrected chi connectivity index (χ4v) is 3.87. The molecule has 1 atom stereocenters. The predicted molar refractivity (Wildman–Crippen MR) is 88.3 cm³/mol. The molecule has 24 heavy (non-hydrogen) atoms. The first-order valence-electron chi connectivity index (χ1n) is 8.44. The number of hydrogen-bond donors (Lipinski definition) is 0. The molecule has 3 rings (SSSR count). The van der Waals surface area contributed by atoms with E-state index < -0.39 is 5.41 Å². The van der Waals surface area contributed by atoms with Crippen molar-refractivity contribution in [3.8, 4) is 0 Å². The number of rotatable bonds is 4. The molecule has 1 amide bonds. The van der Waals surface area contributed by atoms with E-state index in [0.717, 1.165) is 49.5 Å². The minimum absolute atomic E-state index is 0.139. The summed E-state index contributed by atoms with van der Waals surface area (Å²) in [6.07, 6.45) is 5.40. The molecular formula is C17H25N5O2. The topological polar surface area (TPSA) is 77.0 Å². The van der Waals surface area contributed by atoms with Gasteiger partial charge in [0, 0.05) is 25.2 Å². The van der Waals surface area contributed by atoms with Crippen molar-refractivity contribution in [2.45, 2.75) is 52.5 Å². The summed E-state index contributed by atoms with van der Waals surface area (Å²) in [7, 11) is 0. The van der Waals surface area contributed by atoms with Crippen LogP contribution in [0.15, 0.2) is 17.2 Å². The van der Waals surface area contributed by atoms with Gasteiger partial charge in [-0.15, -0.1) is 0 Å². The van der Waals surface area contributed by atoms with Gasteiger partial charge >= 0.3 is 0 Å². The third kappa shape index (κ3) is 3.07. The average molecular weight is 331 g/mol. The number of hydrogen-bond acceptors (Lipinski definition) is 5. The van der Waals surface area contributed by atoms with E-state index in [1.807, 2.05) is 37.3 Å². The lowest BCUT2D eigenvalue weighted by Gasteiger charge is -2.37. The molecule has 2 aromatic heterocycles. The maximum absolute atomic E-state index is 13.2. The molecule has 0 N–H and O–H groups in total. The molecule has 1 aliphatic heterocycles. The molecule has 0 radical (unpaired) electrons. The summed E-state index contributed by atoms with van der Waals surface area (Å²) >= 11 is 0. The van der Waals surface area contributed by atoms with Gasteiger partial charge in [0.25, 0.3) is 0 Å². The highest BCUT2D eigenvalue weighted by Gasteiger charge is 2.39. The Bertz CT molecular complexity index is 685. The van der Waals surface area contributed by atoms with Gasteiger partial charge in [-0.25, -0.2) is 4.98 Å². The summed E-state index contributed by atoms with van der Waals surface area (Å²) in [5, 5.41) is 8.18. The fraction of sp³-hybridized carbons (Fsp3) is 0.647. The van der Waals surface area contributed by atoms with Crippen molar-refractivity contribution in [1.82, 2.24) is 24.8 Å². The first-order valence-corrected chi connectivity index (χ1v) is 8.44. The van der Waals surface area contributed by atoms with Gasteiger partial charge < -0.3 is 9.42 Å². The summed E-state index contributed by atoms with van der Waals surface area (Å²) in [4.78, 5) is 19.2. The number of carbonyl (C=O) groups is 1. The van der Waals surface area contributed by atoms with Crippen molar-refractivity contribution >= 4 is 5.91 Å². The van der Waals surface area contributed by atoms with Crippen LogP contribution in [0.3, 0.4) is 0 Å². The maximum atomic E-state index is 13.2. The SMILES string of the molecule is Cc1noc(C)c1C(C)(C)C(=O)N1CCCC(Cn2cncn2)C1. The van der Waals surface area contributed by atoms with E-state index >= 15 is 0 Å². The van der Waals surface area contributed by atoms with Gasteiger partial charge in [-0.3, -0.25) is 9.48 Å². The van der Waals surface area contributed by atoms with Crippen LogP contribution < -0.4 is 0 Å². The Morgan fingerprint density at radius 1 is 1.42 bits per heavy atom. The number of aryl methyl sites for hydroxylation is 2. The summed E-state index contributed by atoms with van der Waals surface area (Å²) in [6.45, 7) is 10.0. The third-order valence-corrected chi connectivity index (χ3v) is 4.91. The predicted octanol–water partition coefficient (Wildman–Crippen LogP) is 2.10. The normalized spacial score (nSPS) is 18.8. The van der Waals surface area contributed by atoms with E-state index in [4.69, 9.17) is 4.52 Å². The molecule has 0 aliphatic carbocycles. The minimum atomic E-state index is -0.636. The van der Waals surface area contributed by atoms with Crippen LogP contribution in [-0.2, 0) is 16.8 Å². The van der Waals surface area contributed by atoms with Crippen LogP contribution in [0.5, 0.6) is 0 Å². The van der Waals surface area contributed by atoms with Crippen molar-refractivity contribution < 1.29 is 9.32 Å². The molecule has 7 nitrogen and oxygen atoms in total. The van der Waals surface area contributed by atoms with E-state index in [1.165, 1.54) is 0 Å². The Morgan fingerprint density at radius 3 is 2.83 bits per heavy atom. The van der Waals surface area contributed by atoms with Crippen LogP contribution in [0.1, 0.15) is 43.7 Å². The Labute approximate surface area is 142 Å². The first kappa shape index (κ1) is 16.7. The Morgan fingerprint density at radius 2 is 2.21 bits per heavy atom. The summed E-state index contributed by atoms with van der Waals surface area (Å²) in [6, 6.07) is 0. The van der Waals surface area contributed by atoms with Crippen molar-refractivity contribution in [3.63, 3.8) is 0 Å². The zero-order chi connectivity index (χ0) is 17.3. The second-order valence-electron chi connectivity index (χ2n) is 7.20. The van der Waals surface area contributed by atoms with E-state index in [2.05, 4.69) is 15.2 Å². The number of nitrogens with zero attached hydrogens (tertiary/aromatic N) is 5. The van der Waals surface area contributed by atoms with Crippen LogP contribution in [0, 0.1) is 19.8 Å². The van der Waals surface area contributed by atoms with E-state index in [0.29, 0.717) is 5.92 Å². The van der Waals surface area contributed by atoms with Crippen molar-refractivity contribution in [2.24, 2.45) is 5.92 Å². The molecule has 1 aliphatic rings. The number of amides is 1. The average Bonchev–Trinajstić information content (AvgIpc) is 3.16. The van der Waals surface area contributed by atoms with E-state index in [9.17, 15) is 4.79 Å². The van der Waals surface area contributed by atoms with Crippen molar-refractivity contribution in [2.75, 3.05) is 13.1 Å². The molecule has 0 aromatic carbocycles. The second-order valence-corrected chi connectivity index (χ2v) is 7.20. The van der Waals surface area contributed by atoms with Crippen LogP contribution in [0.2, 0.25) is 0 Å². The molecular weight excluding hydrogens is 306 g/mol. The Kier molecular flexibility index (Phi) is 4.43. The summed E-state index contributed by atoms with van der Waals surface area (Å²) < 4.78 is 7.12. The summed E-state index contributed by atoms with van der Waals surface area (Å²) in [5.41, 5.74) is 1.07. The van der Waals surface area contributed by atoms with Crippen LogP contribution in [-0.4, -0.2) is 43.8 Å². The monoisotopic (exact) mass is 331 g/mol. The summed E-state index contributed by atoms with van der Waals surface area (Å²) in [5.74, 6) is 1.27. The Balaban J connectivity index is 1.74. The Hall–Kier alpha value is -2.18. The minimum Gasteiger partial charge on any atom is -0.361 e. The largest absolute Gasteiger partial charge is 0.361 e. The molecule has 1 unspecified atom stereocenters.